The fourth-order valence-corrected chi connectivity index (χ4v) is 18.2. The highest BCUT2D eigenvalue weighted by atomic mass is 32.2. The first kappa shape index (κ1) is 46.2. The summed E-state index contributed by atoms with van der Waals surface area (Å²) >= 11 is 6.55. The van der Waals surface area contributed by atoms with Crippen LogP contribution in [0.2, 0.25) is 0 Å². The summed E-state index contributed by atoms with van der Waals surface area (Å²) in [5, 5.41) is 14.0. The molecule has 4 aromatic rings. The Morgan fingerprint density at radius 1 is 0.761 bits per heavy atom. The van der Waals surface area contributed by atoms with Crippen molar-refractivity contribution in [3.05, 3.63) is 125 Å². The van der Waals surface area contributed by atoms with Gasteiger partial charge < -0.3 is 33.5 Å². The number of hydrogen-bond donors (Lipinski definition) is 1. The van der Waals surface area contributed by atoms with Crippen LogP contribution in [0.25, 0.3) is 0 Å². The Balaban J connectivity index is 0.996. The average Bonchev–Trinajstić information content (AvgIpc) is 4.07. The Hall–Kier alpha value is -3.24. The van der Waals surface area contributed by atoms with Gasteiger partial charge in [-0.1, -0.05) is 141 Å². The number of Topliss-reactive ketones (excluding diaryl/α,β-unsaturated/α-hetero) is 1. The predicted octanol–water partition coefficient (Wildman–Crippen LogP) is 11.5. The molecule has 4 fully saturated rings. The van der Waals surface area contributed by atoms with Gasteiger partial charge in [0.2, 0.25) is 0 Å². The van der Waals surface area contributed by atoms with Crippen molar-refractivity contribution in [1.82, 2.24) is 0 Å². The summed E-state index contributed by atoms with van der Waals surface area (Å²) in [5.41, 5.74) is -0.688. The third kappa shape index (κ3) is 7.42. The molecule has 0 unspecified atom stereocenters. The molecule has 352 valence electrons. The zero-order valence-corrected chi connectivity index (χ0v) is 42.1. The smallest absolute Gasteiger partial charge is 0.336 e. The van der Waals surface area contributed by atoms with E-state index in [1.54, 1.807) is 54.2 Å². The molecule has 0 aromatic heterocycles. The lowest BCUT2D eigenvalue weighted by molar-refractivity contribution is -0.306. The maximum atomic E-state index is 16.5. The Bertz CT molecular complexity index is 2560. The van der Waals surface area contributed by atoms with Crippen LogP contribution in [-0.4, -0.2) is 76.2 Å². The number of aliphatic hydroxyl groups is 1. The van der Waals surface area contributed by atoms with Crippen molar-refractivity contribution in [2.75, 3.05) is 13.7 Å². The second-order valence-corrected chi connectivity index (χ2v) is 25.4. The molecule has 0 amide bonds. The zero-order chi connectivity index (χ0) is 46.6. The Labute approximate surface area is 410 Å². The van der Waals surface area contributed by atoms with Gasteiger partial charge in [0.05, 0.1) is 43.0 Å². The van der Waals surface area contributed by atoms with E-state index in [-0.39, 0.29) is 41.0 Å². The van der Waals surface area contributed by atoms with Gasteiger partial charge in [-0.3, -0.25) is 4.79 Å². The summed E-state index contributed by atoms with van der Waals surface area (Å²) in [7, 11) is 1.64. The van der Waals surface area contributed by atoms with Crippen molar-refractivity contribution in [1.29, 1.82) is 0 Å². The van der Waals surface area contributed by atoms with Crippen LogP contribution in [0.1, 0.15) is 84.0 Å². The first-order chi connectivity index (χ1) is 32.1. The number of fused-ring (bicyclic) bond motifs is 7. The number of hydrogen-bond acceptors (Lipinski definition) is 13. The quantitative estimate of drug-likeness (QED) is 0.127. The molecule has 3 aliphatic carbocycles. The lowest BCUT2D eigenvalue weighted by Gasteiger charge is -2.69. The van der Waals surface area contributed by atoms with Gasteiger partial charge in [-0.15, -0.1) is 0 Å². The number of carbonyl (C=O) groups excluding carboxylic acids is 2. The van der Waals surface area contributed by atoms with Crippen molar-refractivity contribution in [2.45, 2.75) is 138 Å². The molecule has 4 heterocycles. The third-order valence-electron chi connectivity index (χ3n) is 16.7. The Morgan fingerprint density at radius 3 is 1.91 bits per heavy atom. The number of esters is 1. The molecule has 11 rings (SSSR count). The molecule has 0 radical (unpaired) electrons. The van der Waals surface area contributed by atoms with Crippen LogP contribution in [0.15, 0.2) is 134 Å². The second-order valence-electron chi connectivity index (χ2n) is 20.4. The van der Waals surface area contributed by atoms with Crippen molar-refractivity contribution in [3.63, 3.8) is 0 Å². The largest absolute Gasteiger partial charge is 0.497 e. The van der Waals surface area contributed by atoms with Gasteiger partial charge in [0.15, 0.2) is 21.4 Å². The van der Waals surface area contributed by atoms with Crippen molar-refractivity contribution in [2.24, 2.45) is 28.1 Å². The lowest BCUT2D eigenvalue weighted by Crippen LogP contribution is -2.75. The van der Waals surface area contributed by atoms with Gasteiger partial charge in [-0.25, -0.2) is 4.79 Å². The van der Waals surface area contributed by atoms with E-state index in [0.29, 0.717) is 25.0 Å². The van der Waals surface area contributed by atoms with Gasteiger partial charge >= 0.3 is 5.97 Å². The van der Waals surface area contributed by atoms with Crippen LogP contribution in [0, 0.1) is 28.1 Å². The van der Waals surface area contributed by atoms with Gasteiger partial charge in [0.25, 0.3) is 0 Å². The zero-order valence-electron chi connectivity index (χ0n) is 38.8. The SMILES string of the molecule is COc1ccc([C@@H]2C[C@@H](c3ccccc3)[C@H](C(=O)O[C@H]3C[C@@]4(O)[C@@H](C)[C@@H]5[C@]6(C)CO[C@@H]6C[C@H](OC6Sc7ccccc7S6)[C@@]5(C)C(=O)[C@H](OC5Sc6ccccc6S5)C(=C3C)C4(C)C)O2)cc1. The van der Waals surface area contributed by atoms with Crippen LogP contribution in [0.5, 0.6) is 5.75 Å². The molecule has 0 spiro atoms. The molecular weight excluding hydrogens is 921 g/mol. The summed E-state index contributed by atoms with van der Waals surface area (Å²) in [5.74, 6) is -0.956. The fraction of sp³-hybridized carbons (Fsp3) is 0.481. The molecule has 13 heteroatoms. The summed E-state index contributed by atoms with van der Waals surface area (Å²) in [4.78, 5) is 36.1. The molecule has 2 bridgehead atoms. The molecule has 1 N–H and O–H groups in total. The number of rotatable bonds is 9. The van der Waals surface area contributed by atoms with E-state index in [1.165, 1.54) is 0 Å². The Kier molecular flexibility index (Phi) is 11.9. The standard InChI is InChI=1S/C54H58O9S4/c1-29-36(61-48(56)44-34(31-15-9-8-10-16-31)25-35(60-44)32-21-23-33(58-7)24-22-32)27-54(57)30(2)46-52(5)28-59-41(52)26-42(62-49-64-37-17-11-12-18-38(37)65-49)53(46,6)47(55)45(43(29)51(54,3)4)63-50-66-39-19-13-14-20-40(39)67-50/h8-24,30,34-36,41-42,44-46,49-50,57H,25-28H2,1-7H3/t30-,34-,35-,36-,41+,42-,44+,45+,46+,52+,53+,54+/m0/s1. The van der Waals surface area contributed by atoms with Crippen molar-refractivity contribution >= 4 is 58.8 Å². The number of benzene rings is 4. The highest BCUT2D eigenvalue weighted by Gasteiger charge is 2.74. The van der Waals surface area contributed by atoms with Crippen molar-refractivity contribution < 1.29 is 43.1 Å². The average molecular weight is 979 g/mol. The highest BCUT2D eigenvalue weighted by molar-refractivity contribution is 8.19. The third-order valence-corrected chi connectivity index (χ3v) is 21.8. The first-order valence-electron chi connectivity index (χ1n) is 23.4. The first-order valence-corrected chi connectivity index (χ1v) is 27.0. The fourth-order valence-electron chi connectivity index (χ4n) is 13.1. The van der Waals surface area contributed by atoms with E-state index in [9.17, 15) is 5.11 Å². The van der Waals surface area contributed by atoms with E-state index < -0.39 is 62.9 Å². The number of ketones is 1. The van der Waals surface area contributed by atoms with Crippen LogP contribution >= 0.6 is 47.0 Å². The van der Waals surface area contributed by atoms with Gasteiger partial charge in [-0.2, -0.15) is 0 Å². The van der Waals surface area contributed by atoms with Crippen LogP contribution in [0.4, 0.5) is 0 Å². The van der Waals surface area contributed by atoms with Gasteiger partial charge in [0.1, 0.15) is 18.0 Å². The topological polar surface area (TPSA) is 110 Å². The number of methoxy groups -OCH3 is 1. The minimum atomic E-state index is -1.47. The summed E-state index contributed by atoms with van der Waals surface area (Å²) in [6.07, 6.45) is -2.68. The summed E-state index contributed by atoms with van der Waals surface area (Å²) < 4.78 is 39.1. The van der Waals surface area contributed by atoms with E-state index in [2.05, 4.69) is 58.9 Å². The monoisotopic (exact) mass is 978 g/mol. The molecule has 4 aromatic carbocycles. The molecular formula is C54H58O9S4. The molecule has 9 nitrogen and oxygen atoms in total. The molecule has 12 atom stereocenters. The molecule has 67 heavy (non-hydrogen) atoms. The van der Waals surface area contributed by atoms with E-state index in [1.807, 2.05) is 85.8 Å². The molecule has 7 aliphatic rings. The molecule has 2 saturated carbocycles. The maximum Gasteiger partial charge on any atom is 0.336 e. The lowest BCUT2D eigenvalue weighted by atomic mass is 9.40. The highest BCUT2D eigenvalue weighted by Crippen LogP contribution is 2.69. The molecule has 2 saturated heterocycles. The van der Waals surface area contributed by atoms with E-state index >= 15 is 9.59 Å². The summed E-state index contributed by atoms with van der Waals surface area (Å²) in [6, 6.07) is 34.3. The Morgan fingerprint density at radius 2 is 1.34 bits per heavy atom. The van der Waals surface area contributed by atoms with Crippen LogP contribution in [-0.2, 0) is 33.3 Å². The maximum absolute atomic E-state index is 16.5. The van der Waals surface area contributed by atoms with Crippen LogP contribution < -0.4 is 4.74 Å². The summed E-state index contributed by atoms with van der Waals surface area (Å²) in [6.45, 7) is 13.0. The van der Waals surface area contributed by atoms with Crippen LogP contribution in [0.3, 0.4) is 0 Å². The van der Waals surface area contributed by atoms with Gasteiger partial charge in [-0.05, 0) is 90.8 Å². The predicted molar refractivity (Wildman–Crippen MR) is 262 cm³/mol. The number of carbonyl (C=O) groups is 2. The van der Waals surface area contributed by atoms with Gasteiger partial charge in [0, 0.05) is 49.2 Å². The van der Waals surface area contributed by atoms with E-state index in [4.69, 9.17) is 28.4 Å². The minimum absolute atomic E-state index is 0.0642. The van der Waals surface area contributed by atoms with Crippen molar-refractivity contribution in [3.8, 4) is 5.75 Å². The minimum Gasteiger partial charge on any atom is -0.497 e. The molecule has 4 aliphatic heterocycles. The number of thioether (sulfide) groups is 4. The number of ether oxygens (including phenoxy) is 6. The van der Waals surface area contributed by atoms with E-state index in [0.717, 1.165) is 42.0 Å². The normalized spacial score (nSPS) is 36.5. The second kappa shape index (κ2) is 17.3.